The lowest BCUT2D eigenvalue weighted by atomic mass is 9.97. The molecule has 38 heavy (non-hydrogen) atoms. The minimum atomic E-state index is -0.219. The van der Waals surface area contributed by atoms with E-state index in [-0.39, 0.29) is 11.9 Å². The van der Waals surface area contributed by atoms with Crippen LogP contribution in [0.15, 0.2) is 78.4 Å². The number of aryl methyl sites for hydroxylation is 1. The van der Waals surface area contributed by atoms with E-state index in [1.165, 1.54) is 6.07 Å². The zero-order valence-corrected chi connectivity index (χ0v) is 21.9. The van der Waals surface area contributed by atoms with E-state index in [0.29, 0.717) is 12.1 Å². The van der Waals surface area contributed by atoms with Crippen molar-refractivity contribution in [2.24, 2.45) is 0 Å². The second-order valence-electron chi connectivity index (χ2n) is 9.55. The molecule has 1 fully saturated rings. The highest BCUT2D eigenvalue weighted by molar-refractivity contribution is 7.16. The molecular formula is C31H28FN3O2S. The van der Waals surface area contributed by atoms with Crippen molar-refractivity contribution in [1.29, 1.82) is 0 Å². The first-order chi connectivity index (χ1) is 18.6. The quantitative estimate of drug-likeness (QED) is 0.237. The number of benzene rings is 3. The van der Waals surface area contributed by atoms with Crippen LogP contribution in [-0.4, -0.2) is 29.3 Å². The maximum atomic E-state index is 14.0. The fourth-order valence-corrected chi connectivity index (χ4v) is 5.42. The van der Waals surface area contributed by atoms with Gasteiger partial charge in [0.05, 0.1) is 46.5 Å². The average molecular weight is 526 g/mol. The molecule has 1 aliphatic heterocycles. The van der Waals surface area contributed by atoms with Gasteiger partial charge in [0.15, 0.2) is 0 Å². The summed E-state index contributed by atoms with van der Waals surface area (Å²) in [4.78, 5) is 9.24. The highest BCUT2D eigenvalue weighted by Crippen LogP contribution is 2.35. The number of hydrogen-bond acceptors (Lipinski definition) is 6. The lowest BCUT2D eigenvalue weighted by Crippen LogP contribution is -2.25. The van der Waals surface area contributed by atoms with E-state index in [4.69, 9.17) is 14.5 Å². The van der Waals surface area contributed by atoms with E-state index in [9.17, 15) is 4.39 Å². The highest BCUT2D eigenvalue weighted by Gasteiger charge is 2.16. The second kappa shape index (κ2) is 10.9. The third-order valence-electron chi connectivity index (χ3n) is 6.85. The third-order valence-corrected chi connectivity index (χ3v) is 7.64. The minimum absolute atomic E-state index is 0.219. The predicted molar refractivity (Wildman–Crippen MR) is 151 cm³/mol. The van der Waals surface area contributed by atoms with Crippen LogP contribution in [0.1, 0.15) is 24.0 Å². The van der Waals surface area contributed by atoms with Crippen LogP contribution in [-0.2, 0) is 11.3 Å². The molecule has 1 aliphatic rings. The molecular weight excluding hydrogens is 497 g/mol. The molecule has 6 rings (SSSR count). The van der Waals surface area contributed by atoms with Gasteiger partial charge in [-0.2, -0.15) is 0 Å². The number of aromatic nitrogens is 2. The molecule has 5 aromatic rings. The van der Waals surface area contributed by atoms with E-state index >= 15 is 0 Å². The summed E-state index contributed by atoms with van der Waals surface area (Å²) in [6.07, 6.45) is 3.93. The fourth-order valence-electron chi connectivity index (χ4n) is 4.70. The van der Waals surface area contributed by atoms with Crippen LogP contribution in [0, 0.1) is 12.7 Å². The molecule has 0 amide bonds. The molecule has 0 saturated carbocycles. The van der Waals surface area contributed by atoms with Crippen molar-refractivity contribution in [2.45, 2.75) is 32.4 Å². The smallest absolute Gasteiger partial charge is 0.126 e. The number of halogens is 1. The normalized spacial score (nSPS) is 14.1. The molecule has 1 N–H and O–H groups in total. The number of thiazole rings is 1. The third kappa shape index (κ3) is 5.39. The summed E-state index contributed by atoms with van der Waals surface area (Å²) in [7, 11) is 0. The first-order valence-electron chi connectivity index (χ1n) is 12.8. The van der Waals surface area contributed by atoms with Crippen molar-refractivity contribution in [2.75, 3.05) is 18.5 Å². The summed E-state index contributed by atoms with van der Waals surface area (Å²) in [5.41, 5.74) is 9.22. The zero-order chi connectivity index (χ0) is 25.9. The van der Waals surface area contributed by atoms with Crippen LogP contribution in [0.4, 0.5) is 10.1 Å². The van der Waals surface area contributed by atoms with E-state index in [1.807, 2.05) is 36.0 Å². The lowest BCUT2D eigenvalue weighted by Gasteiger charge is -2.23. The Kier molecular flexibility index (Phi) is 7.03. The van der Waals surface area contributed by atoms with Gasteiger partial charge in [-0.05, 0) is 72.1 Å². The molecule has 1 saturated heterocycles. The van der Waals surface area contributed by atoms with Crippen molar-refractivity contribution in [3.63, 3.8) is 0 Å². The number of pyridine rings is 1. The molecule has 3 aromatic carbocycles. The highest BCUT2D eigenvalue weighted by atomic mass is 32.1. The Labute approximate surface area is 225 Å². The maximum absolute atomic E-state index is 14.0. The van der Waals surface area contributed by atoms with Crippen molar-refractivity contribution in [1.82, 2.24) is 9.97 Å². The largest absolute Gasteiger partial charge is 0.490 e. The van der Waals surface area contributed by atoms with E-state index in [0.717, 1.165) is 75.7 Å². The van der Waals surface area contributed by atoms with E-state index in [1.54, 1.807) is 24.3 Å². The van der Waals surface area contributed by atoms with Gasteiger partial charge in [-0.25, -0.2) is 9.37 Å². The van der Waals surface area contributed by atoms with Crippen LogP contribution in [0.3, 0.4) is 0 Å². The molecule has 2 aromatic heterocycles. The molecule has 0 unspecified atom stereocenters. The van der Waals surface area contributed by atoms with Crippen LogP contribution >= 0.6 is 11.3 Å². The molecule has 3 heterocycles. The number of nitrogens with zero attached hydrogens (tertiary/aromatic N) is 2. The van der Waals surface area contributed by atoms with Gasteiger partial charge >= 0.3 is 0 Å². The molecule has 0 aliphatic carbocycles. The molecule has 5 nitrogen and oxygen atoms in total. The summed E-state index contributed by atoms with van der Waals surface area (Å²) >= 11 is 1.61. The van der Waals surface area contributed by atoms with Crippen LogP contribution in [0.25, 0.3) is 32.6 Å². The van der Waals surface area contributed by atoms with E-state index in [2.05, 4.69) is 40.6 Å². The number of fused-ring (bicyclic) bond motifs is 1. The van der Waals surface area contributed by atoms with Gasteiger partial charge < -0.3 is 14.8 Å². The standard InChI is InChI=1S/C31H28FN3O2S/c1-20-14-23(4-8-28(20)32)31-27(22-5-9-29-30(15-22)38-19-35-29)16-24(18-34-31)33-17-21-2-6-25(7-3-21)37-26-10-12-36-13-11-26/h2-9,14-16,18-19,26,33H,10-13,17H2,1H3. The van der Waals surface area contributed by atoms with Crippen molar-refractivity contribution in [3.05, 3.63) is 95.4 Å². The van der Waals surface area contributed by atoms with Gasteiger partial charge in [0.1, 0.15) is 17.7 Å². The van der Waals surface area contributed by atoms with Gasteiger partial charge in [-0.1, -0.05) is 18.2 Å². The summed E-state index contributed by atoms with van der Waals surface area (Å²) < 4.78 is 26.6. The number of anilines is 1. The van der Waals surface area contributed by atoms with Crippen molar-refractivity contribution < 1.29 is 13.9 Å². The van der Waals surface area contributed by atoms with Gasteiger partial charge in [0.2, 0.25) is 0 Å². The summed E-state index contributed by atoms with van der Waals surface area (Å²) in [6, 6.07) is 21.7. The SMILES string of the molecule is Cc1cc(-c2ncc(NCc3ccc(OC4CCOCC4)cc3)cc2-c2ccc3ncsc3c2)ccc1F. The molecule has 0 bridgehead atoms. The van der Waals surface area contributed by atoms with Crippen molar-refractivity contribution in [3.8, 4) is 28.1 Å². The molecule has 0 atom stereocenters. The van der Waals surface area contributed by atoms with Gasteiger partial charge in [0.25, 0.3) is 0 Å². The first kappa shape index (κ1) is 24.5. The Morgan fingerprint density at radius 1 is 0.974 bits per heavy atom. The number of nitrogens with one attached hydrogen (secondary N) is 1. The Bertz CT molecular complexity index is 1560. The summed E-state index contributed by atoms with van der Waals surface area (Å²) in [5, 5.41) is 3.51. The Hall–Kier alpha value is -3.81. The predicted octanol–water partition coefficient (Wildman–Crippen LogP) is 7.64. The van der Waals surface area contributed by atoms with Gasteiger partial charge in [-0.3, -0.25) is 4.98 Å². The second-order valence-corrected chi connectivity index (χ2v) is 10.4. The zero-order valence-electron chi connectivity index (χ0n) is 21.1. The van der Waals surface area contributed by atoms with Gasteiger partial charge in [0, 0.05) is 30.5 Å². The average Bonchev–Trinajstić information content (AvgIpc) is 3.43. The Morgan fingerprint density at radius 3 is 2.61 bits per heavy atom. The van der Waals surface area contributed by atoms with Gasteiger partial charge in [-0.15, -0.1) is 11.3 Å². The number of rotatable bonds is 7. The first-order valence-corrected chi connectivity index (χ1v) is 13.7. The number of hydrogen-bond donors (Lipinski definition) is 1. The monoisotopic (exact) mass is 525 g/mol. The summed E-state index contributed by atoms with van der Waals surface area (Å²) in [5.74, 6) is 0.672. The Balaban J connectivity index is 1.25. The fraction of sp³-hybridized carbons (Fsp3) is 0.226. The Morgan fingerprint density at radius 2 is 1.79 bits per heavy atom. The van der Waals surface area contributed by atoms with E-state index < -0.39 is 0 Å². The van der Waals surface area contributed by atoms with Crippen LogP contribution < -0.4 is 10.1 Å². The maximum Gasteiger partial charge on any atom is 0.126 e. The summed E-state index contributed by atoms with van der Waals surface area (Å²) in [6.45, 7) is 3.96. The number of ether oxygens (including phenoxy) is 2. The molecule has 0 spiro atoms. The molecule has 192 valence electrons. The minimum Gasteiger partial charge on any atom is -0.490 e. The lowest BCUT2D eigenvalue weighted by molar-refractivity contribution is 0.0255. The van der Waals surface area contributed by atoms with Crippen molar-refractivity contribution >= 4 is 27.2 Å². The van der Waals surface area contributed by atoms with Crippen LogP contribution in [0.5, 0.6) is 5.75 Å². The molecule has 0 radical (unpaired) electrons. The topological polar surface area (TPSA) is 56.3 Å². The molecule has 7 heteroatoms. The van der Waals surface area contributed by atoms with Crippen LogP contribution in [0.2, 0.25) is 0 Å².